The highest BCUT2D eigenvalue weighted by Crippen LogP contribution is 2.37. The van der Waals surface area contributed by atoms with E-state index in [-0.39, 0.29) is 0 Å². The quantitative estimate of drug-likeness (QED) is 0.677. The Morgan fingerprint density at radius 2 is 1.93 bits per heavy atom. The van der Waals surface area contributed by atoms with Crippen molar-refractivity contribution in [3.05, 3.63) is 11.8 Å². The molecule has 0 unspecified atom stereocenters. The Hall–Kier alpha value is -1.48. The van der Waals surface area contributed by atoms with Gasteiger partial charge in [-0.05, 0) is 0 Å². The van der Waals surface area contributed by atoms with Crippen molar-refractivity contribution in [1.29, 1.82) is 0 Å². The number of hydrogen-bond donors (Lipinski definition) is 3. The zero-order valence-electron chi connectivity index (χ0n) is 7.05. The minimum atomic E-state index is -4.41. The molecule has 0 fully saturated rings. The molecule has 0 aliphatic rings. The molecule has 15 heavy (non-hydrogen) atoms. The van der Waals surface area contributed by atoms with Gasteiger partial charge in [0.05, 0.1) is 6.20 Å². The molecule has 9 heteroatoms. The van der Waals surface area contributed by atoms with Crippen LogP contribution < -0.4 is 5.14 Å². The van der Waals surface area contributed by atoms with Crippen LogP contribution in [0.3, 0.4) is 0 Å². The summed E-state index contributed by atoms with van der Waals surface area (Å²) in [7, 11) is -4.41. The standard InChI is InChI=1S/C6H6F2N2O4S/c7-5(8)3-2(11)1-10-6(4(3)12)15(9,13)14/h1,5,11-12H,(H2,9,13,14). The summed E-state index contributed by atoms with van der Waals surface area (Å²) in [6.45, 7) is 0. The van der Waals surface area contributed by atoms with Crippen molar-refractivity contribution in [3.63, 3.8) is 0 Å². The summed E-state index contributed by atoms with van der Waals surface area (Å²) >= 11 is 0. The number of pyridine rings is 1. The average Bonchev–Trinajstić information content (AvgIpc) is 2.00. The van der Waals surface area contributed by atoms with Crippen LogP contribution in [0.25, 0.3) is 0 Å². The summed E-state index contributed by atoms with van der Waals surface area (Å²) in [6, 6.07) is 0. The van der Waals surface area contributed by atoms with Crippen LogP contribution in [0, 0.1) is 0 Å². The maximum Gasteiger partial charge on any atom is 0.271 e. The first-order valence-electron chi connectivity index (χ1n) is 3.47. The van der Waals surface area contributed by atoms with Gasteiger partial charge in [0.1, 0.15) is 11.3 Å². The maximum absolute atomic E-state index is 12.3. The monoisotopic (exact) mass is 240 g/mol. The van der Waals surface area contributed by atoms with Gasteiger partial charge in [0.2, 0.25) is 5.03 Å². The van der Waals surface area contributed by atoms with E-state index in [2.05, 4.69) is 10.1 Å². The van der Waals surface area contributed by atoms with Crippen molar-refractivity contribution < 1.29 is 27.4 Å². The Kier molecular flexibility index (Phi) is 2.77. The Morgan fingerprint density at radius 3 is 2.33 bits per heavy atom. The van der Waals surface area contributed by atoms with Gasteiger partial charge >= 0.3 is 0 Å². The van der Waals surface area contributed by atoms with E-state index >= 15 is 0 Å². The molecule has 1 aromatic rings. The van der Waals surface area contributed by atoms with Gasteiger partial charge in [0.15, 0.2) is 5.75 Å². The Balaban J connectivity index is 3.56. The summed E-state index contributed by atoms with van der Waals surface area (Å²) < 4.78 is 46.1. The second kappa shape index (κ2) is 3.59. The van der Waals surface area contributed by atoms with Crippen LogP contribution in [0.15, 0.2) is 11.2 Å². The first-order valence-corrected chi connectivity index (χ1v) is 5.01. The van der Waals surface area contributed by atoms with E-state index < -0.39 is 38.5 Å². The molecule has 4 N–H and O–H groups in total. The lowest BCUT2D eigenvalue weighted by atomic mass is 10.2. The minimum Gasteiger partial charge on any atom is -0.506 e. The number of nitrogens with two attached hydrogens (primary N) is 1. The third kappa shape index (κ3) is 2.13. The molecule has 0 amide bonds. The Bertz CT molecular complexity index is 488. The average molecular weight is 240 g/mol. The largest absolute Gasteiger partial charge is 0.506 e. The molecule has 0 saturated carbocycles. The molecule has 0 aromatic carbocycles. The molecule has 0 radical (unpaired) electrons. The number of hydrogen-bond acceptors (Lipinski definition) is 5. The zero-order valence-corrected chi connectivity index (χ0v) is 7.87. The summed E-state index contributed by atoms with van der Waals surface area (Å²) in [4.78, 5) is 3.05. The first kappa shape index (κ1) is 11.6. The lowest BCUT2D eigenvalue weighted by molar-refractivity contribution is 0.142. The topological polar surface area (TPSA) is 114 Å². The van der Waals surface area contributed by atoms with Crippen molar-refractivity contribution in [2.24, 2.45) is 5.14 Å². The Morgan fingerprint density at radius 1 is 1.40 bits per heavy atom. The third-order valence-corrected chi connectivity index (χ3v) is 2.36. The molecule has 0 aliphatic carbocycles. The zero-order chi connectivity index (χ0) is 11.8. The second-order valence-electron chi connectivity index (χ2n) is 2.56. The number of alkyl halides is 2. The van der Waals surface area contributed by atoms with E-state index in [0.717, 1.165) is 0 Å². The molecule has 1 rings (SSSR count). The van der Waals surface area contributed by atoms with Crippen LogP contribution in [0.2, 0.25) is 0 Å². The number of sulfonamides is 1. The fourth-order valence-electron chi connectivity index (χ4n) is 0.910. The summed E-state index contributed by atoms with van der Waals surface area (Å²) in [5, 5.41) is 21.5. The summed E-state index contributed by atoms with van der Waals surface area (Å²) in [6.07, 6.45) is -2.77. The van der Waals surface area contributed by atoms with Crippen molar-refractivity contribution in [1.82, 2.24) is 4.98 Å². The molecular formula is C6H6F2N2O4S. The predicted octanol–water partition coefficient (Wildman–Crippen LogP) is 0.0778. The van der Waals surface area contributed by atoms with Gasteiger partial charge in [-0.25, -0.2) is 27.3 Å². The number of aromatic hydroxyl groups is 2. The lowest BCUT2D eigenvalue weighted by Crippen LogP contribution is -2.14. The number of primary sulfonamides is 1. The number of halogens is 2. The van der Waals surface area contributed by atoms with Crippen molar-refractivity contribution in [2.75, 3.05) is 0 Å². The van der Waals surface area contributed by atoms with E-state index in [1.54, 1.807) is 0 Å². The highest BCUT2D eigenvalue weighted by molar-refractivity contribution is 7.89. The van der Waals surface area contributed by atoms with Gasteiger partial charge in [-0.3, -0.25) is 0 Å². The van der Waals surface area contributed by atoms with Gasteiger partial charge in [0, 0.05) is 0 Å². The van der Waals surface area contributed by atoms with Crippen LogP contribution in [0.1, 0.15) is 12.0 Å². The maximum atomic E-state index is 12.3. The van der Waals surface area contributed by atoms with E-state index in [0.29, 0.717) is 6.20 Å². The van der Waals surface area contributed by atoms with E-state index in [1.807, 2.05) is 0 Å². The minimum absolute atomic E-state index is 0.473. The molecule has 1 aromatic heterocycles. The highest BCUT2D eigenvalue weighted by atomic mass is 32.2. The van der Waals surface area contributed by atoms with Crippen LogP contribution in [0.4, 0.5) is 8.78 Å². The summed E-state index contributed by atoms with van der Waals surface area (Å²) in [5.74, 6) is -2.34. The molecule has 0 aliphatic heterocycles. The van der Waals surface area contributed by atoms with Crippen LogP contribution in [-0.4, -0.2) is 23.6 Å². The van der Waals surface area contributed by atoms with E-state index in [9.17, 15) is 17.2 Å². The number of nitrogens with zero attached hydrogens (tertiary/aromatic N) is 1. The summed E-state index contributed by atoms with van der Waals surface area (Å²) in [5.41, 5.74) is -1.21. The molecule has 84 valence electrons. The van der Waals surface area contributed by atoms with Crippen LogP contribution >= 0.6 is 0 Å². The molecule has 0 bridgehead atoms. The van der Waals surface area contributed by atoms with E-state index in [4.69, 9.17) is 10.2 Å². The van der Waals surface area contributed by atoms with Crippen LogP contribution in [0.5, 0.6) is 11.5 Å². The normalized spacial score (nSPS) is 12.0. The molecule has 0 spiro atoms. The fourth-order valence-corrected chi connectivity index (χ4v) is 1.49. The third-order valence-electron chi connectivity index (χ3n) is 1.53. The van der Waals surface area contributed by atoms with Crippen molar-refractivity contribution in [2.45, 2.75) is 11.5 Å². The first-order chi connectivity index (χ1) is 6.75. The van der Waals surface area contributed by atoms with Gasteiger partial charge < -0.3 is 10.2 Å². The second-order valence-corrected chi connectivity index (χ2v) is 4.03. The van der Waals surface area contributed by atoms with Gasteiger partial charge in [-0.1, -0.05) is 0 Å². The Labute approximate surface area is 83.0 Å². The molecule has 1 heterocycles. The smallest absolute Gasteiger partial charge is 0.271 e. The van der Waals surface area contributed by atoms with Crippen molar-refractivity contribution in [3.8, 4) is 11.5 Å². The SMILES string of the molecule is NS(=O)(=O)c1ncc(O)c(C(F)F)c1O. The molecule has 0 saturated heterocycles. The molecule has 6 nitrogen and oxygen atoms in total. The lowest BCUT2D eigenvalue weighted by Gasteiger charge is -2.08. The fraction of sp³-hybridized carbons (Fsp3) is 0.167. The van der Waals surface area contributed by atoms with Gasteiger partial charge in [0.25, 0.3) is 16.4 Å². The van der Waals surface area contributed by atoms with E-state index in [1.165, 1.54) is 0 Å². The number of rotatable bonds is 2. The highest BCUT2D eigenvalue weighted by Gasteiger charge is 2.26. The van der Waals surface area contributed by atoms with Crippen LogP contribution in [-0.2, 0) is 10.0 Å². The van der Waals surface area contributed by atoms with Crippen molar-refractivity contribution >= 4 is 10.0 Å². The van der Waals surface area contributed by atoms with Gasteiger partial charge in [-0.2, -0.15) is 0 Å². The van der Waals surface area contributed by atoms with Gasteiger partial charge in [-0.15, -0.1) is 0 Å². The molecule has 0 atom stereocenters. The molecular weight excluding hydrogens is 234 g/mol. The predicted molar refractivity (Wildman–Crippen MR) is 43.9 cm³/mol. The number of aromatic nitrogens is 1.